The molecule has 110 valence electrons. The third kappa shape index (κ3) is 5.00. The van der Waals surface area contributed by atoms with E-state index in [4.69, 9.17) is 5.11 Å². The van der Waals surface area contributed by atoms with Gasteiger partial charge in [0.2, 0.25) is 5.91 Å². The van der Waals surface area contributed by atoms with Crippen LogP contribution in [0.15, 0.2) is 24.3 Å². The fraction of sp³-hybridized carbons (Fsp3) is 0.385. The fourth-order valence-corrected chi connectivity index (χ4v) is 2.21. The van der Waals surface area contributed by atoms with Crippen LogP contribution in [0.3, 0.4) is 0 Å². The lowest BCUT2D eigenvalue weighted by Gasteiger charge is -2.17. The molecule has 0 radical (unpaired) electrons. The first-order chi connectivity index (χ1) is 9.20. The zero-order valence-corrected chi connectivity index (χ0v) is 12.2. The number of nitrogens with zero attached hydrogens (tertiary/aromatic N) is 1. The molecule has 0 saturated heterocycles. The second kappa shape index (κ2) is 6.51. The van der Waals surface area contributed by atoms with E-state index in [0.717, 1.165) is 6.26 Å². The van der Waals surface area contributed by atoms with Gasteiger partial charge in [0, 0.05) is 19.8 Å². The van der Waals surface area contributed by atoms with Gasteiger partial charge in [-0.05, 0) is 11.6 Å². The van der Waals surface area contributed by atoms with Gasteiger partial charge in [-0.15, -0.1) is 0 Å². The Labute approximate surface area is 117 Å². The van der Waals surface area contributed by atoms with Crippen LogP contribution in [-0.2, 0) is 21.1 Å². The van der Waals surface area contributed by atoms with Gasteiger partial charge >= 0.3 is 5.97 Å². The predicted molar refractivity (Wildman–Crippen MR) is 74.5 cm³/mol. The first-order valence-corrected chi connectivity index (χ1v) is 7.99. The molecule has 0 aromatic heterocycles. The Morgan fingerprint density at radius 1 is 1.25 bits per heavy atom. The Morgan fingerprint density at radius 2 is 1.85 bits per heavy atom. The molecule has 0 aliphatic heterocycles. The molecule has 1 N–H and O–H groups in total. The Hall–Kier alpha value is -1.89. The van der Waals surface area contributed by atoms with Crippen molar-refractivity contribution in [2.24, 2.45) is 0 Å². The number of hydrogen-bond donors (Lipinski definition) is 1. The SMILES string of the molecule is CN(CCS(C)(=O)=O)C(=O)Cc1ccccc1C(=O)O. The summed E-state index contributed by atoms with van der Waals surface area (Å²) in [5, 5.41) is 9.02. The van der Waals surface area contributed by atoms with Gasteiger partial charge in [-0.25, -0.2) is 13.2 Å². The van der Waals surface area contributed by atoms with Crippen molar-refractivity contribution in [3.05, 3.63) is 35.4 Å². The van der Waals surface area contributed by atoms with Crippen molar-refractivity contribution >= 4 is 21.7 Å². The third-order valence-electron chi connectivity index (χ3n) is 2.81. The Morgan fingerprint density at radius 3 is 2.40 bits per heavy atom. The van der Waals surface area contributed by atoms with Crippen molar-refractivity contribution in [2.45, 2.75) is 6.42 Å². The van der Waals surface area contributed by atoms with E-state index >= 15 is 0 Å². The molecular formula is C13H17NO5S. The minimum atomic E-state index is -3.14. The van der Waals surface area contributed by atoms with Crippen molar-refractivity contribution in [1.29, 1.82) is 0 Å². The largest absolute Gasteiger partial charge is 0.478 e. The maximum absolute atomic E-state index is 11.9. The smallest absolute Gasteiger partial charge is 0.335 e. The average Bonchev–Trinajstić information content (AvgIpc) is 2.35. The second-order valence-corrected chi connectivity index (χ2v) is 6.84. The molecule has 0 fully saturated rings. The summed E-state index contributed by atoms with van der Waals surface area (Å²) in [7, 11) is -1.64. The van der Waals surface area contributed by atoms with Crippen molar-refractivity contribution in [1.82, 2.24) is 4.90 Å². The molecule has 1 amide bonds. The normalized spacial score (nSPS) is 11.1. The first-order valence-electron chi connectivity index (χ1n) is 5.93. The number of sulfone groups is 1. The number of carboxylic acid groups (broad SMARTS) is 1. The van der Waals surface area contributed by atoms with Crippen LogP contribution in [0.2, 0.25) is 0 Å². The number of rotatable bonds is 6. The quantitative estimate of drug-likeness (QED) is 0.822. The number of carbonyl (C=O) groups is 2. The van der Waals surface area contributed by atoms with Gasteiger partial charge in [-0.3, -0.25) is 4.79 Å². The topological polar surface area (TPSA) is 91.8 Å². The third-order valence-corrected chi connectivity index (χ3v) is 3.74. The van der Waals surface area contributed by atoms with Crippen LogP contribution in [-0.4, -0.2) is 55.9 Å². The van der Waals surface area contributed by atoms with E-state index in [1.54, 1.807) is 18.2 Å². The molecule has 0 unspecified atom stereocenters. The molecule has 0 heterocycles. The minimum absolute atomic E-state index is 0.0667. The molecule has 0 aliphatic rings. The summed E-state index contributed by atoms with van der Waals surface area (Å²) in [5.41, 5.74) is 0.494. The number of hydrogen-bond acceptors (Lipinski definition) is 4. The standard InChI is InChI=1S/C13H17NO5S/c1-14(7-8-20(2,18)19)12(15)9-10-5-3-4-6-11(10)13(16)17/h3-6H,7-9H2,1-2H3,(H,16,17). The van der Waals surface area contributed by atoms with Gasteiger partial charge in [-0.2, -0.15) is 0 Å². The van der Waals surface area contributed by atoms with Crippen LogP contribution < -0.4 is 0 Å². The van der Waals surface area contributed by atoms with E-state index in [2.05, 4.69) is 0 Å². The summed E-state index contributed by atoms with van der Waals surface area (Å²) in [4.78, 5) is 24.3. The molecular weight excluding hydrogens is 282 g/mol. The zero-order chi connectivity index (χ0) is 15.3. The predicted octanol–water partition coefficient (Wildman–Crippen LogP) is 0.430. The van der Waals surface area contributed by atoms with E-state index in [9.17, 15) is 18.0 Å². The molecule has 0 bridgehead atoms. The van der Waals surface area contributed by atoms with Crippen LogP contribution >= 0.6 is 0 Å². The average molecular weight is 299 g/mol. The maximum atomic E-state index is 11.9. The maximum Gasteiger partial charge on any atom is 0.335 e. The zero-order valence-electron chi connectivity index (χ0n) is 11.4. The molecule has 0 atom stereocenters. The van der Waals surface area contributed by atoms with Crippen LogP contribution in [0.4, 0.5) is 0 Å². The van der Waals surface area contributed by atoms with Crippen molar-refractivity contribution in [3.8, 4) is 0 Å². The van der Waals surface area contributed by atoms with Crippen LogP contribution in [0.25, 0.3) is 0 Å². The highest BCUT2D eigenvalue weighted by Crippen LogP contribution is 2.10. The summed E-state index contributed by atoms with van der Waals surface area (Å²) in [6.45, 7) is 0.0902. The number of carbonyl (C=O) groups excluding carboxylic acids is 1. The van der Waals surface area contributed by atoms with Gasteiger partial charge in [0.25, 0.3) is 0 Å². The van der Waals surface area contributed by atoms with Gasteiger partial charge in [0.05, 0.1) is 17.7 Å². The Kier molecular flexibility index (Phi) is 5.26. The van der Waals surface area contributed by atoms with Crippen molar-refractivity contribution < 1.29 is 23.1 Å². The molecule has 1 aromatic carbocycles. The highest BCUT2D eigenvalue weighted by molar-refractivity contribution is 7.90. The number of benzene rings is 1. The monoisotopic (exact) mass is 299 g/mol. The Bertz CT molecular complexity index is 609. The summed E-state index contributed by atoms with van der Waals surface area (Å²) < 4.78 is 22.1. The molecule has 0 spiro atoms. The summed E-state index contributed by atoms with van der Waals surface area (Å²) >= 11 is 0. The van der Waals surface area contributed by atoms with Crippen molar-refractivity contribution in [2.75, 3.05) is 25.6 Å². The minimum Gasteiger partial charge on any atom is -0.478 e. The molecule has 1 rings (SSSR count). The molecule has 20 heavy (non-hydrogen) atoms. The number of aromatic carboxylic acids is 1. The first kappa shape index (κ1) is 16.2. The lowest BCUT2D eigenvalue weighted by atomic mass is 10.0. The second-order valence-electron chi connectivity index (χ2n) is 4.58. The van der Waals surface area contributed by atoms with E-state index in [0.29, 0.717) is 5.56 Å². The van der Waals surface area contributed by atoms with E-state index in [-0.39, 0.29) is 30.2 Å². The van der Waals surface area contributed by atoms with Gasteiger partial charge in [-0.1, -0.05) is 18.2 Å². The lowest BCUT2D eigenvalue weighted by Crippen LogP contribution is -2.32. The number of amides is 1. The highest BCUT2D eigenvalue weighted by Gasteiger charge is 2.16. The lowest BCUT2D eigenvalue weighted by molar-refractivity contribution is -0.128. The van der Waals surface area contributed by atoms with Gasteiger partial charge in [0.1, 0.15) is 9.84 Å². The van der Waals surface area contributed by atoms with Crippen molar-refractivity contribution in [3.63, 3.8) is 0 Å². The van der Waals surface area contributed by atoms with E-state index in [1.165, 1.54) is 18.0 Å². The number of likely N-dealkylation sites (N-methyl/N-ethyl adjacent to an activating group) is 1. The molecule has 6 nitrogen and oxygen atoms in total. The van der Waals surface area contributed by atoms with Crippen LogP contribution in [0.1, 0.15) is 15.9 Å². The molecule has 0 saturated carbocycles. The van der Waals surface area contributed by atoms with E-state index < -0.39 is 15.8 Å². The summed E-state index contributed by atoms with van der Waals surface area (Å²) in [6.07, 6.45) is 1.04. The fourth-order valence-electron chi connectivity index (χ4n) is 1.61. The molecule has 0 aliphatic carbocycles. The van der Waals surface area contributed by atoms with Gasteiger partial charge in [0.15, 0.2) is 0 Å². The molecule has 1 aromatic rings. The van der Waals surface area contributed by atoms with Crippen LogP contribution in [0.5, 0.6) is 0 Å². The molecule has 7 heteroatoms. The highest BCUT2D eigenvalue weighted by atomic mass is 32.2. The summed E-state index contributed by atoms with van der Waals surface area (Å²) in [5.74, 6) is -1.52. The number of carboxylic acids is 1. The summed E-state index contributed by atoms with van der Waals surface area (Å²) in [6, 6.07) is 6.25. The van der Waals surface area contributed by atoms with Gasteiger partial charge < -0.3 is 10.0 Å². The van der Waals surface area contributed by atoms with E-state index in [1.807, 2.05) is 0 Å². The van der Waals surface area contributed by atoms with Crippen LogP contribution in [0, 0.1) is 0 Å². The Balaban J connectivity index is 2.73.